The Kier molecular flexibility index (Phi) is 5.55. The van der Waals surface area contributed by atoms with Gasteiger partial charge < -0.3 is 9.80 Å². The lowest BCUT2D eigenvalue weighted by molar-refractivity contribution is 0.682. The Bertz CT molecular complexity index is 2360. The van der Waals surface area contributed by atoms with Gasteiger partial charge in [0.1, 0.15) is 0 Å². The molecule has 5 heteroatoms. The topological polar surface area (TPSA) is 36.4 Å². The van der Waals surface area contributed by atoms with E-state index in [4.69, 9.17) is 0 Å². The van der Waals surface area contributed by atoms with Crippen molar-refractivity contribution in [2.75, 3.05) is 9.80 Å². The monoisotopic (exact) mass is 621 g/mol. The number of pyridine rings is 1. The fourth-order valence-corrected chi connectivity index (χ4v) is 9.71. The van der Waals surface area contributed by atoms with Crippen molar-refractivity contribution < 1.29 is 4.21 Å². The summed E-state index contributed by atoms with van der Waals surface area (Å²) in [5, 5.41) is 0. The molecule has 7 aromatic rings. The smallest absolute Gasteiger partial charge is 0.0898 e. The molecule has 6 aromatic carbocycles. The van der Waals surface area contributed by atoms with Crippen LogP contribution in [-0.2, 0) is 16.2 Å². The zero-order chi connectivity index (χ0) is 31.1. The average Bonchev–Trinajstić information content (AvgIpc) is 3.43. The van der Waals surface area contributed by atoms with Crippen molar-refractivity contribution in [3.05, 3.63) is 186 Å². The summed E-state index contributed by atoms with van der Waals surface area (Å²) in [6.07, 6.45) is 3.63. The van der Waals surface area contributed by atoms with E-state index in [0.29, 0.717) is 0 Å². The minimum atomic E-state index is -1.41. The SMILES string of the molecule is O=S1c2ccccc2N(c2ccncc2)c2ccc3c(c21)-c1ccccc1C31c2ccccc2N(c2ccccc2)c2ccccc21. The van der Waals surface area contributed by atoms with Gasteiger partial charge in [-0.25, -0.2) is 4.21 Å². The van der Waals surface area contributed by atoms with E-state index < -0.39 is 16.2 Å². The van der Waals surface area contributed by atoms with Crippen LogP contribution in [0.1, 0.15) is 22.3 Å². The van der Waals surface area contributed by atoms with Crippen LogP contribution < -0.4 is 9.80 Å². The molecule has 2 aliphatic heterocycles. The molecule has 1 unspecified atom stereocenters. The first kappa shape index (κ1) is 26.4. The quantitative estimate of drug-likeness (QED) is 0.192. The predicted octanol–water partition coefficient (Wildman–Crippen LogP) is 10.2. The average molecular weight is 622 g/mol. The van der Waals surface area contributed by atoms with Crippen molar-refractivity contribution in [1.29, 1.82) is 0 Å². The summed E-state index contributed by atoms with van der Waals surface area (Å²) in [4.78, 5) is 10.6. The molecule has 0 radical (unpaired) electrons. The zero-order valence-corrected chi connectivity index (χ0v) is 26.1. The van der Waals surface area contributed by atoms with Gasteiger partial charge in [0.2, 0.25) is 0 Å². The van der Waals surface area contributed by atoms with E-state index in [9.17, 15) is 4.21 Å². The minimum absolute atomic E-state index is 0.609. The third kappa shape index (κ3) is 3.41. The summed E-state index contributed by atoms with van der Waals surface area (Å²) < 4.78 is 14.9. The van der Waals surface area contributed by atoms with Crippen molar-refractivity contribution >= 4 is 44.9 Å². The van der Waals surface area contributed by atoms with Crippen LogP contribution in [0.2, 0.25) is 0 Å². The summed E-state index contributed by atoms with van der Waals surface area (Å²) in [5.41, 5.74) is 12.6. The molecule has 1 aliphatic carbocycles. The number of fused-ring (bicyclic) bond motifs is 12. The molecule has 10 rings (SSSR count). The maximum Gasteiger partial charge on any atom is 0.0898 e. The Morgan fingerprint density at radius 3 is 1.74 bits per heavy atom. The maximum absolute atomic E-state index is 14.9. The molecule has 1 atom stereocenters. The van der Waals surface area contributed by atoms with Crippen LogP contribution in [0.25, 0.3) is 11.1 Å². The molecule has 0 amide bonds. The first-order chi connectivity index (χ1) is 23.3. The highest BCUT2D eigenvalue weighted by atomic mass is 32.2. The Balaban J connectivity index is 1.34. The van der Waals surface area contributed by atoms with Gasteiger partial charge in [-0.05, 0) is 82.4 Å². The van der Waals surface area contributed by atoms with Gasteiger partial charge in [0, 0.05) is 29.3 Å². The third-order valence-corrected chi connectivity index (χ3v) is 11.4. The number of hydrogen-bond donors (Lipinski definition) is 0. The molecule has 0 N–H and O–H groups in total. The molecule has 3 heterocycles. The number of rotatable bonds is 2. The molecule has 1 aromatic heterocycles. The van der Waals surface area contributed by atoms with Crippen molar-refractivity contribution in [2.24, 2.45) is 0 Å². The highest BCUT2D eigenvalue weighted by Crippen LogP contribution is 2.65. The Morgan fingerprint density at radius 1 is 0.468 bits per heavy atom. The van der Waals surface area contributed by atoms with E-state index in [1.165, 1.54) is 16.7 Å². The van der Waals surface area contributed by atoms with E-state index >= 15 is 0 Å². The van der Waals surface area contributed by atoms with Crippen molar-refractivity contribution in [2.45, 2.75) is 15.2 Å². The number of aromatic nitrogens is 1. The van der Waals surface area contributed by atoms with Gasteiger partial charge in [0.15, 0.2) is 0 Å². The third-order valence-electron chi connectivity index (χ3n) is 9.91. The second-order valence-corrected chi connectivity index (χ2v) is 13.5. The molecule has 222 valence electrons. The second-order valence-electron chi connectivity index (χ2n) is 12.1. The molecule has 0 bridgehead atoms. The highest BCUT2D eigenvalue weighted by molar-refractivity contribution is 7.85. The van der Waals surface area contributed by atoms with Crippen LogP contribution in [0.4, 0.5) is 34.1 Å². The van der Waals surface area contributed by atoms with Crippen molar-refractivity contribution in [3.63, 3.8) is 0 Å². The zero-order valence-electron chi connectivity index (χ0n) is 25.2. The molecule has 4 nitrogen and oxygen atoms in total. The molecule has 0 fully saturated rings. The standard InChI is InChI=1S/C42H27N3OS/c46-47-39-21-11-10-20-37(39)45(29-24-26-43-27-25-29)38-23-22-34-40(41(38)47)30-14-4-5-15-31(30)42(34)32-16-6-8-18-35(32)44(28-12-2-1-3-13-28)36-19-9-7-17-33(36)42/h1-27H. The maximum atomic E-state index is 14.9. The van der Waals surface area contributed by atoms with Gasteiger partial charge in [-0.2, -0.15) is 0 Å². The summed E-state index contributed by atoms with van der Waals surface area (Å²) in [5.74, 6) is 0. The number of hydrogen-bond acceptors (Lipinski definition) is 4. The normalized spacial score (nSPS) is 16.0. The summed E-state index contributed by atoms with van der Waals surface area (Å²) in [7, 11) is -1.41. The Morgan fingerprint density at radius 2 is 1.02 bits per heavy atom. The molecular weight excluding hydrogens is 595 g/mol. The van der Waals surface area contributed by atoms with Gasteiger partial charge in [-0.3, -0.25) is 4.98 Å². The van der Waals surface area contributed by atoms with E-state index in [1.54, 1.807) is 0 Å². The fraction of sp³-hybridized carbons (Fsp3) is 0.0238. The molecular formula is C42H27N3OS. The number of benzene rings is 6. The summed E-state index contributed by atoms with van der Waals surface area (Å²) >= 11 is 0. The Hall–Kier alpha value is -5.78. The predicted molar refractivity (Wildman–Crippen MR) is 189 cm³/mol. The van der Waals surface area contributed by atoms with E-state index in [-0.39, 0.29) is 0 Å². The lowest BCUT2D eigenvalue weighted by Crippen LogP contribution is -2.36. The van der Waals surface area contributed by atoms with Crippen LogP contribution >= 0.6 is 0 Å². The first-order valence-electron chi connectivity index (χ1n) is 15.8. The fourth-order valence-electron chi connectivity index (χ4n) is 8.18. The van der Waals surface area contributed by atoms with Gasteiger partial charge in [-0.1, -0.05) is 97.1 Å². The molecule has 47 heavy (non-hydrogen) atoms. The second kappa shape index (κ2) is 9.86. The molecule has 0 saturated carbocycles. The van der Waals surface area contributed by atoms with E-state index in [2.05, 4.69) is 136 Å². The van der Waals surface area contributed by atoms with Gasteiger partial charge in [0.25, 0.3) is 0 Å². The van der Waals surface area contributed by atoms with Gasteiger partial charge >= 0.3 is 0 Å². The van der Waals surface area contributed by atoms with E-state index in [1.807, 2.05) is 42.7 Å². The van der Waals surface area contributed by atoms with Gasteiger partial charge in [-0.15, -0.1) is 0 Å². The lowest BCUT2D eigenvalue weighted by atomic mass is 9.64. The number of nitrogens with zero attached hydrogens (tertiary/aromatic N) is 3. The minimum Gasteiger partial charge on any atom is -0.310 e. The summed E-state index contributed by atoms with van der Waals surface area (Å²) in [6.45, 7) is 0. The van der Waals surface area contributed by atoms with Crippen LogP contribution in [0, 0.1) is 0 Å². The van der Waals surface area contributed by atoms with Gasteiger partial charge in [0.05, 0.1) is 48.8 Å². The Labute approximate surface area is 275 Å². The summed E-state index contributed by atoms with van der Waals surface area (Å²) in [6, 6.07) is 53.5. The van der Waals surface area contributed by atoms with E-state index in [0.717, 1.165) is 60.6 Å². The number of para-hydroxylation sites is 4. The molecule has 0 saturated heterocycles. The number of anilines is 6. The first-order valence-corrected chi connectivity index (χ1v) is 17.0. The van der Waals surface area contributed by atoms with Crippen LogP contribution in [0.15, 0.2) is 174 Å². The highest BCUT2D eigenvalue weighted by Gasteiger charge is 2.53. The van der Waals surface area contributed by atoms with Crippen LogP contribution in [0.5, 0.6) is 0 Å². The lowest BCUT2D eigenvalue weighted by Gasteiger charge is -2.45. The van der Waals surface area contributed by atoms with Crippen molar-refractivity contribution in [1.82, 2.24) is 4.98 Å². The molecule has 1 spiro atoms. The van der Waals surface area contributed by atoms with Crippen molar-refractivity contribution in [3.8, 4) is 11.1 Å². The molecule has 3 aliphatic rings. The van der Waals surface area contributed by atoms with Crippen LogP contribution in [-0.4, -0.2) is 9.19 Å². The largest absolute Gasteiger partial charge is 0.310 e. The van der Waals surface area contributed by atoms with Crippen LogP contribution in [0.3, 0.4) is 0 Å².